The van der Waals surface area contributed by atoms with Crippen molar-refractivity contribution >= 4 is 5.91 Å². The number of hydrogen-bond donors (Lipinski definition) is 1. The van der Waals surface area contributed by atoms with Gasteiger partial charge < -0.3 is 14.8 Å². The van der Waals surface area contributed by atoms with Crippen molar-refractivity contribution in [2.24, 2.45) is 0 Å². The number of ether oxygens (including phenoxy) is 2. The Balaban J connectivity index is 1.93. The second-order valence-electron chi connectivity index (χ2n) is 5.32. The maximum Gasteiger partial charge on any atom is 0.251 e. The third-order valence-electron chi connectivity index (χ3n) is 3.62. The van der Waals surface area contributed by atoms with E-state index >= 15 is 0 Å². The summed E-state index contributed by atoms with van der Waals surface area (Å²) in [5.41, 5.74) is 3.79. The summed E-state index contributed by atoms with van der Waals surface area (Å²) in [6.45, 7) is 5.74. The van der Waals surface area contributed by atoms with E-state index in [2.05, 4.69) is 5.32 Å². The third kappa shape index (κ3) is 4.83. The van der Waals surface area contributed by atoms with Gasteiger partial charge in [0.15, 0.2) is 0 Å². The number of methoxy groups -OCH3 is 1. The molecule has 2 rings (SSSR count). The summed E-state index contributed by atoms with van der Waals surface area (Å²) in [6, 6.07) is 13.5. The molecular weight excluding hydrogens is 290 g/mol. The van der Waals surface area contributed by atoms with Gasteiger partial charge >= 0.3 is 0 Å². The molecule has 0 saturated heterocycles. The Kier molecular flexibility index (Phi) is 6.18. The lowest BCUT2D eigenvalue weighted by Crippen LogP contribution is -2.22. The fourth-order valence-corrected chi connectivity index (χ4v) is 2.22. The second kappa shape index (κ2) is 8.34. The molecule has 4 heteroatoms. The predicted molar refractivity (Wildman–Crippen MR) is 90.7 cm³/mol. The quantitative estimate of drug-likeness (QED) is 0.851. The van der Waals surface area contributed by atoms with Crippen LogP contribution >= 0.6 is 0 Å². The van der Waals surface area contributed by atoms with Crippen molar-refractivity contribution < 1.29 is 14.3 Å². The van der Waals surface area contributed by atoms with E-state index in [0.717, 1.165) is 22.4 Å². The van der Waals surface area contributed by atoms with Gasteiger partial charge in [0, 0.05) is 18.7 Å². The molecular formula is C19H23NO3. The Hall–Kier alpha value is -2.33. The van der Waals surface area contributed by atoms with Gasteiger partial charge in [-0.2, -0.15) is 0 Å². The SMILES string of the molecule is CCOCc1ccc(CNC(=O)c2ccc(C)c(OC)c2)cc1. The van der Waals surface area contributed by atoms with E-state index in [1.54, 1.807) is 19.2 Å². The summed E-state index contributed by atoms with van der Waals surface area (Å²) in [5, 5.41) is 2.92. The van der Waals surface area contributed by atoms with Crippen LogP contribution in [0.3, 0.4) is 0 Å². The first-order chi connectivity index (χ1) is 11.1. The molecule has 0 radical (unpaired) electrons. The molecule has 2 aromatic rings. The van der Waals surface area contributed by atoms with Crippen LogP contribution in [-0.4, -0.2) is 19.6 Å². The lowest BCUT2D eigenvalue weighted by atomic mass is 10.1. The molecule has 0 bridgehead atoms. The van der Waals surface area contributed by atoms with Crippen molar-refractivity contribution in [2.45, 2.75) is 27.0 Å². The van der Waals surface area contributed by atoms with E-state index in [-0.39, 0.29) is 5.91 Å². The molecule has 0 saturated carbocycles. The van der Waals surface area contributed by atoms with Crippen molar-refractivity contribution in [3.05, 3.63) is 64.7 Å². The fraction of sp³-hybridized carbons (Fsp3) is 0.316. The zero-order valence-corrected chi connectivity index (χ0v) is 13.9. The van der Waals surface area contributed by atoms with Crippen molar-refractivity contribution in [2.75, 3.05) is 13.7 Å². The minimum absolute atomic E-state index is 0.110. The van der Waals surface area contributed by atoms with Crippen LogP contribution in [0, 0.1) is 6.92 Å². The zero-order valence-electron chi connectivity index (χ0n) is 13.9. The first-order valence-electron chi connectivity index (χ1n) is 7.72. The van der Waals surface area contributed by atoms with E-state index in [1.165, 1.54) is 0 Å². The Labute approximate surface area is 137 Å². The topological polar surface area (TPSA) is 47.6 Å². The van der Waals surface area contributed by atoms with Gasteiger partial charge in [0.05, 0.1) is 13.7 Å². The highest BCUT2D eigenvalue weighted by Gasteiger charge is 2.08. The number of amides is 1. The summed E-state index contributed by atoms with van der Waals surface area (Å²) in [7, 11) is 1.60. The summed E-state index contributed by atoms with van der Waals surface area (Å²) in [5.74, 6) is 0.611. The van der Waals surface area contributed by atoms with Crippen LogP contribution in [0.1, 0.15) is 34.0 Å². The summed E-state index contributed by atoms with van der Waals surface area (Å²) in [6.07, 6.45) is 0. The van der Waals surface area contributed by atoms with Crippen LogP contribution in [0.4, 0.5) is 0 Å². The van der Waals surface area contributed by atoms with Gasteiger partial charge in [-0.25, -0.2) is 0 Å². The molecule has 4 nitrogen and oxygen atoms in total. The van der Waals surface area contributed by atoms with E-state index < -0.39 is 0 Å². The standard InChI is InChI=1S/C19H23NO3/c1-4-23-13-16-8-6-15(7-9-16)12-20-19(21)17-10-5-14(2)18(11-17)22-3/h5-11H,4,12-13H2,1-3H3,(H,20,21). The number of rotatable bonds is 7. The van der Waals surface area contributed by atoms with Gasteiger partial charge in [-0.3, -0.25) is 4.79 Å². The average Bonchev–Trinajstić information content (AvgIpc) is 2.59. The van der Waals surface area contributed by atoms with Crippen LogP contribution in [-0.2, 0) is 17.9 Å². The van der Waals surface area contributed by atoms with Crippen LogP contribution in [0.15, 0.2) is 42.5 Å². The molecule has 0 aliphatic rings. The van der Waals surface area contributed by atoms with Gasteiger partial charge in [0.2, 0.25) is 0 Å². The molecule has 0 atom stereocenters. The average molecular weight is 313 g/mol. The number of carbonyl (C=O) groups is 1. The van der Waals surface area contributed by atoms with Crippen LogP contribution in [0.5, 0.6) is 5.75 Å². The van der Waals surface area contributed by atoms with E-state index in [9.17, 15) is 4.79 Å². The molecule has 0 heterocycles. The van der Waals surface area contributed by atoms with Gasteiger partial charge in [0.25, 0.3) is 5.91 Å². The molecule has 0 unspecified atom stereocenters. The summed E-state index contributed by atoms with van der Waals surface area (Å²) < 4.78 is 10.6. The Morgan fingerprint density at radius 3 is 2.43 bits per heavy atom. The molecule has 0 aliphatic heterocycles. The largest absolute Gasteiger partial charge is 0.496 e. The molecule has 122 valence electrons. The second-order valence-corrected chi connectivity index (χ2v) is 5.32. The zero-order chi connectivity index (χ0) is 16.7. The minimum Gasteiger partial charge on any atom is -0.496 e. The van der Waals surface area contributed by atoms with Crippen molar-refractivity contribution in [3.8, 4) is 5.75 Å². The lowest BCUT2D eigenvalue weighted by molar-refractivity contribution is 0.0950. The van der Waals surface area contributed by atoms with E-state index in [1.807, 2.05) is 44.2 Å². The summed E-state index contributed by atoms with van der Waals surface area (Å²) in [4.78, 5) is 12.2. The van der Waals surface area contributed by atoms with Crippen LogP contribution < -0.4 is 10.1 Å². The molecule has 0 aromatic heterocycles. The molecule has 0 spiro atoms. The highest BCUT2D eigenvalue weighted by molar-refractivity contribution is 5.94. The Morgan fingerprint density at radius 1 is 1.09 bits per heavy atom. The van der Waals surface area contributed by atoms with Crippen molar-refractivity contribution in [3.63, 3.8) is 0 Å². The normalized spacial score (nSPS) is 10.4. The van der Waals surface area contributed by atoms with Gasteiger partial charge in [-0.05, 0) is 42.7 Å². The predicted octanol–water partition coefficient (Wildman–Crippen LogP) is 3.47. The van der Waals surface area contributed by atoms with Crippen LogP contribution in [0.2, 0.25) is 0 Å². The van der Waals surface area contributed by atoms with Gasteiger partial charge in [-0.15, -0.1) is 0 Å². The molecule has 0 aliphatic carbocycles. The van der Waals surface area contributed by atoms with Gasteiger partial charge in [-0.1, -0.05) is 30.3 Å². The first kappa shape index (κ1) is 17.0. The number of aryl methyl sites for hydroxylation is 1. The molecule has 0 fully saturated rings. The van der Waals surface area contributed by atoms with Crippen molar-refractivity contribution in [1.82, 2.24) is 5.32 Å². The van der Waals surface area contributed by atoms with Crippen LogP contribution in [0.25, 0.3) is 0 Å². The Bertz CT molecular complexity index is 650. The maximum atomic E-state index is 12.2. The van der Waals surface area contributed by atoms with E-state index in [4.69, 9.17) is 9.47 Å². The van der Waals surface area contributed by atoms with E-state index in [0.29, 0.717) is 25.3 Å². The lowest BCUT2D eigenvalue weighted by Gasteiger charge is -2.09. The summed E-state index contributed by atoms with van der Waals surface area (Å²) >= 11 is 0. The first-order valence-corrected chi connectivity index (χ1v) is 7.72. The Morgan fingerprint density at radius 2 is 1.78 bits per heavy atom. The highest BCUT2D eigenvalue weighted by atomic mass is 16.5. The number of carbonyl (C=O) groups excluding carboxylic acids is 1. The number of hydrogen-bond acceptors (Lipinski definition) is 3. The third-order valence-corrected chi connectivity index (χ3v) is 3.62. The molecule has 2 aromatic carbocycles. The number of benzene rings is 2. The fourth-order valence-electron chi connectivity index (χ4n) is 2.22. The molecule has 1 amide bonds. The maximum absolute atomic E-state index is 12.2. The number of nitrogens with one attached hydrogen (secondary N) is 1. The smallest absolute Gasteiger partial charge is 0.251 e. The highest BCUT2D eigenvalue weighted by Crippen LogP contribution is 2.19. The van der Waals surface area contributed by atoms with Gasteiger partial charge in [0.1, 0.15) is 5.75 Å². The van der Waals surface area contributed by atoms with Crippen molar-refractivity contribution in [1.29, 1.82) is 0 Å². The molecule has 23 heavy (non-hydrogen) atoms. The molecule has 1 N–H and O–H groups in total. The monoisotopic (exact) mass is 313 g/mol. The minimum atomic E-state index is -0.110.